The van der Waals surface area contributed by atoms with Crippen LogP contribution in [0, 0.1) is 5.92 Å². The van der Waals surface area contributed by atoms with Crippen LogP contribution in [0.25, 0.3) is 0 Å². The van der Waals surface area contributed by atoms with Crippen molar-refractivity contribution in [2.45, 2.75) is 13.3 Å². The zero-order chi connectivity index (χ0) is 15.1. The van der Waals surface area contributed by atoms with E-state index in [0.29, 0.717) is 22.7 Å². The van der Waals surface area contributed by atoms with E-state index in [1.54, 1.807) is 23.9 Å². The molecular weight excluding hydrogens is 340 g/mol. The lowest BCUT2D eigenvalue weighted by molar-refractivity contribution is -0.119. The summed E-state index contributed by atoms with van der Waals surface area (Å²) in [5.74, 6) is 0.666. The van der Waals surface area contributed by atoms with Gasteiger partial charge in [0.1, 0.15) is 5.82 Å². The minimum absolute atomic E-state index is 0.0432. The molecule has 1 atom stereocenters. The molecule has 1 aliphatic heterocycles. The molecule has 110 valence electrons. The van der Waals surface area contributed by atoms with Gasteiger partial charge in [-0.15, -0.1) is 0 Å². The molecular formula is C13H13BrN4O3. The van der Waals surface area contributed by atoms with Crippen LogP contribution in [0.15, 0.2) is 21.2 Å². The van der Waals surface area contributed by atoms with Crippen LogP contribution in [-0.4, -0.2) is 21.6 Å². The summed E-state index contributed by atoms with van der Waals surface area (Å²) in [7, 11) is 1.72. The first-order valence-corrected chi connectivity index (χ1v) is 7.18. The summed E-state index contributed by atoms with van der Waals surface area (Å²) in [4.78, 5) is 23.8. The number of carbonyl (C=O) groups is 2. The monoisotopic (exact) mass is 352 g/mol. The van der Waals surface area contributed by atoms with E-state index < -0.39 is 0 Å². The molecule has 0 fully saturated rings. The van der Waals surface area contributed by atoms with Crippen LogP contribution in [0.3, 0.4) is 0 Å². The van der Waals surface area contributed by atoms with Crippen molar-refractivity contribution in [1.29, 1.82) is 0 Å². The molecule has 0 aliphatic carbocycles. The first-order chi connectivity index (χ1) is 9.95. The van der Waals surface area contributed by atoms with Crippen LogP contribution in [0.5, 0.6) is 0 Å². The zero-order valence-corrected chi connectivity index (χ0v) is 13.0. The van der Waals surface area contributed by atoms with Gasteiger partial charge in [-0.25, -0.2) is 0 Å². The van der Waals surface area contributed by atoms with Crippen molar-refractivity contribution >= 4 is 39.4 Å². The van der Waals surface area contributed by atoms with E-state index in [2.05, 4.69) is 31.7 Å². The number of amides is 2. The number of hydrogen-bond donors (Lipinski definition) is 2. The van der Waals surface area contributed by atoms with Gasteiger partial charge in [-0.3, -0.25) is 14.3 Å². The first kappa shape index (κ1) is 13.9. The maximum absolute atomic E-state index is 12.1. The summed E-state index contributed by atoms with van der Waals surface area (Å²) in [6, 6.07) is 3.21. The van der Waals surface area contributed by atoms with Gasteiger partial charge in [-0.1, -0.05) is 6.92 Å². The SMILES string of the molecule is C[C@@H]1Cc2c(NC(=O)c3ccc(Br)o3)nn(C)c2NC1=O. The van der Waals surface area contributed by atoms with Crippen molar-refractivity contribution in [3.63, 3.8) is 0 Å². The van der Waals surface area contributed by atoms with Crippen molar-refractivity contribution in [1.82, 2.24) is 9.78 Å². The van der Waals surface area contributed by atoms with Gasteiger partial charge < -0.3 is 15.1 Å². The van der Waals surface area contributed by atoms with E-state index in [-0.39, 0.29) is 23.5 Å². The van der Waals surface area contributed by atoms with E-state index in [0.717, 1.165) is 5.56 Å². The second kappa shape index (κ2) is 5.03. The predicted molar refractivity (Wildman–Crippen MR) is 79.1 cm³/mol. The van der Waals surface area contributed by atoms with Crippen molar-refractivity contribution in [2.75, 3.05) is 10.6 Å². The van der Waals surface area contributed by atoms with Gasteiger partial charge in [0.05, 0.1) is 0 Å². The average molecular weight is 353 g/mol. The third-order valence-electron chi connectivity index (χ3n) is 3.37. The molecule has 3 heterocycles. The highest BCUT2D eigenvalue weighted by Gasteiger charge is 2.29. The molecule has 2 N–H and O–H groups in total. The van der Waals surface area contributed by atoms with Gasteiger partial charge in [0.25, 0.3) is 5.91 Å². The number of anilines is 2. The Kier molecular flexibility index (Phi) is 3.32. The summed E-state index contributed by atoms with van der Waals surface area (Å²) in [6.45, 7) is 1.83. The van der Waals surface area contributed by atoms with Crippen LogP contribution in [0.1, 0.15) is 23.0 Å². The minimum atomic E-state index is -0.383. The number of rotatable bonds is 2. The van der Waals surface area contributed by atoms with Crippen LogP contribution < -0.4 is 10.6 Å². The molecule has 21 heavy (non-hydrogen) atoms. The van der Waals surface area contributed by atoms with Crippen LogP contribution in [0.4, 0.5) is 11.6 Å². The molecule has 1 aliphatic rings. The molecule has 0 radical (unpaired) electrons. The Hall–Kier alpha value is -2.09. The quantitative estimate of drug-likeness (QED) is 0.866. The van der Waals surface area contributed by atoms with Gasteiger partial charge in [-0.2, -0.15) is 5.10 Å². The van der Waals surface area contributed by atoms with Gasteiger partial charge in [0.2, 0.25) is 5.91 Å². The fourth-order valence-corrected chi connectivity index (χ4v) is 2.57. The molecule has 0 aromatic carbocycles. The second-order valence-electron chi connectivity index (χ2n) is 4.95. The molecule has 0 saturated heterocycles. The average Bonchev–Trinajstić information content (AvgIpc) is 2.97. The highest BCUT2D eigenvalue weighted by atomic mass is 79.9. The fourth-order valence-electron chi connectivity index (χ4n) is 2.26. The van der Waals surface area contributed by atoms with Gasteiger partial charge >= 0.3 is 0 Å². The van der Waals surface area contributed by atoms with Crippen molar-refractivity contribution in [2.24, 2.45) is 13.0 Å². The third-order valence-corrected chi connectivity index (χ3v) is 3.80. The Labute approximate surface area is 128 Å². The number of aryl methyl sites for hydroxylation is 1. The van der Waals surface area contributed by atoms with Gasteiger partial charge in [0.15, 0.2) is 16.2 Å². The lowest BCUT2D eigenvalue weighted by atomic mass is 9.98. The molecule has 2 aromatic rings. The summed E-state index contributed by atoms with van der Waals surface area (Å²) >= 11 is 3.15. The predicted octanol–water partition coefficient (Wildman–Crippen LogP) is 2.16. The normalized spacial score (nSPS) is 17.3. The van der Waals surface area contributed by atoms with Crippen molar-refractivity contribution in [3.05, 3.63) is 28.1 Å². The summed E-state index contributed by atoms with van der Waals surface area (Å²) < 4.78 is 7.24. The smallest absolute Gasteiger partial charge is 0.292 e. The lowest BCUT2D eigenvalue weighted by Crippen LogP contribution is -2.28. The highest BCUT2D eigenvalue weighted by Crippen LogP contribution is 2.31. The van der Waals surface area contributed by atoms with Crippen molar-refractivity contribution < 1.29 is 14.0 Å². The minimum Gasteiger partial charge on any atom is -0.444 e. The maximum Gasteiger partial charge on any atom is 0.292 e. The topological polar surface area (TPSA) is 89.2 Å². The molecule has 0 spiro atoms. The number of carbonyl (C=O) groups excluding carboxylic acids is 2. The highest BCUT2D eigenvalue weighted by molar-refractivity contribution is 9.10. The van der Waals surface area contributed by atoms with Crippen molar-refractivity contribution in [3.8, 4) is 0 Å². The van der Waals surface area contributed by atoms with Crippen LogP contribution in [0.2, 0.25) is 0 Å². The number of furan rings is 1. The number of fused-ring (bicyclic) bond motifs is 1. The molecule has 3 rings (SSSR count). The number of halogens is 1. The summed E-state index contributed by atoms with van der Waals surface area (Å²) in [5.41, 5.74) is 0.823. The summed E-state index contributed by atoms with van der Waals surface area (Å²) in [5, 5.41) is 9.76. The Morgan fingerprint density at radius 3 is 3.00 bits per heavy atom. The molecule has 0 bridgehead atoms. The largest absolute Gasteiger partial charge is 0.444 e. The zero-order valence-electron chi connectivity index (χ0n) is 11.4. The maximum atomic E-state index is 12.1. The van der Waals surface area contributed by atoms with E-state index in [1.165, 1.54) is 0 Å². The number of nitrogens with one attached hydrogen (secondary N) is 2. The molecule has 8 heteroatoms. The molecule has 7 nitrogen and oxygen atoms in total. The number of nitrogens with zero attached hydrogens (tertiary/aromatic N) is 2. The molecule has 0 unspecified atom stereocenters. The van der Waals surface area contributed by atoms with E-state index >= 15 is 0 Å². The van der Waals surface area contributed by atoms with Crippen LogP contribution in [-0.2, 0) is 18.3 Å². The van der Waals surface area contributed by atoms with Crippen LogP contribution >= 0.6 is 15.9 Å². The number of aromatic nitrogens is 2. The second-order valence-corrected chi connectivity index (χ2v) is 5.73. The standard InChI is InChI=1S/C13H13BrN4O3/c1-6-5-7-10(17-18(2)11(7)16-12(6)19)15-13(20)8-3-4-9(14)21-8/h3-4,6H,5H2,1-2H3,(H,16,19)(H,15,17,20)/t6-/m1/s1. The Morgan fingerprint density at radius 1 is 1.57 bits per heavy atom. The Balaban J connectivity index is 1.89. The fraction of sp³-hybridized carbons (Fsp3) is 0.308. The first-order valence-electron chi connectivity index (χ1n) is 6.39. The van der Waals surface area contributed by atoms with E-state index in [1.807, 2.05) is 6.92 Å². The van der Waals surface area contributed by atoms with Gasteiger partial charge in [-0.05, 0) is 34.5 Å². The summed E-state index contributed by atoms with van der Waals surface area (Å²) in [6.07, 6.45) is 0.534. The number of hydrogen-bond acceptors (Lipinski definition) is 4. The molecule has 0 saturated carbocycles. The Morgan fingerprint density at radius 2 is 2.33 bits per heavy atom. The van der Waals surface area contributed by atoms with E-state index in [9.17, 15) is 9.59 Å². The molecule has 2 aromatic heterocycles. The van der Waals surface area contributed by atoms with Gasteiger partial charge in [0, 0.05) is 18.5 Å². The lowest BCUT2D eigenvalue weighted by Gasteiger charge is -2.19. The molecule has 2 amide bonds. The Bertz CT molecular complexity index is 734. The van der Waals surface area contributed by atoms with E-state index in [4.69, 9.17) is 4.42 Å². The third kappa shape index (κ3) is 2.46.